The summed E-state index contributed by atoms with van der Waals surface area (Å²) in [6.45, 7) is 2.64. The minimum atomic E-state index is -0.0200. The molecule has 0 fully saturated rings. The van der Waals surface area contributed by atoms with Gasteiger partial charge >= 0.3 is 0 Å². The lowest BCUT2D eigenvalue weighted by Crippen LogP contribution is -2.32. The van der Waals surface area contributed by atoms with Crippen LogP contribution in [0, 0.1) is 12.3 Å². The van der Waals surface area contributed by atoms with E-state index >= 15 is 0 Å². The fourth-order valence-corrected chi connectivity index (χ4v) is 1.36. The average Bonchev–Trinajstić information content (AvgIpc) is 2.17. The highest BCUT2D eigenvalue weighted by Gasteiger charge is 2.05. The molecule has 3 N–H and O–H groups in total. The van der Waals surface area contributed by atoms with Crippen LogP contribution in [0.5, 0.6) is 0 Å². The third-order valence-corrected chi connectivity index (χ3v) is 2.59. The van der Waals surface area contributed by atoms with Gasteiger partial charge in [-0.3, -0.25) is 4.79 Å². The van der Waals surface area contributed by atoms with Crippen molar-refractivity contribution in [3.8, 4) is 12.3 Å². The monoisotopic (exact) mass is 214 g/mol. The lowest BCUT2D eigenvalue weighted by molar-refractivity contribution is -0.121. The highest BCUT2D eigenvalue weighted by atomic mass is 32.2. The van der Waals surface area contributed by atoms with Gasteiger partial charge in [-0.05, 0) is 6.42 Å². The molecule has 0 radical (unpaired) electrons. The Kier molecular flexibility index (Phi) is 8.50. The predicted octanol–water partition coefficient (Wildman–Crippen LogP) is 0.596. The lowest BCUT2D eigenvalue weighted by Gasteiger charge is -2.08. The summed E-state index contributed by atoms with van der Waals surface area (Å²) in [7, 11) is 0. The van der Waals surface area contributed by atoms with Crippen molar-refractivity contribution in [1.82, 2.24) is 5.32 Å². The number of carbonyl (C=O) groups excluding carboxylic acids is 1. The van der Waals surface area contributed by atoms with Crippen LogP contribution in [0.3, 0.4) is 0 Å². The smallest absolute Gasteiger partial charge is 0.221 e. The highest BCUT2D eigenvalue weighted by molar-refractivity contribution is 7.99. The summed E-state index contributed by atoms with van der Waals surface area (Å²) in [5.41, 5.74) is 5.63. The number of thioether (sulfide) groups is 1. The molecule has 0 rings (SSSR count). The Balaban J connectivity index is 3.32. The molecule has 1 unspecified atom stereocenters. The molecule has 0 heterocycles. The third kappa shape index (κ3) is 7.96. The summed E-state index contributed by atoms with van der Waals surface area (Å²) in [4.78, 5) is 11.2. The molecule has 14 heavy (non-hydrogen) atoms. The van der Waals surface area contributed by atoms with Gasteiger partial charge < -0.3 is 11.1 Å². The largest absolute Gasteiger partial charge is 0.355 e. The van der Waals surface area contributed by atoms with Crippen LogP contribution in [0.2, 0.25) is 0 Å². The minimum Gasteiger partial charge on any atom is -0.355 e. The zero-order valence-corrected chi connectivity index (χ0v) is 9.40. The zero-order chi connectivity index (χ0) is 10.8. The molecule has 0 spiro atoms. The molecule has 0 saturated carbocycles. The Labute approximate surface area is 90.2 Å². The average molecular weight is 214 g/mol. The molecule has 0 aliphatic carbocycles. The van der Waals surface area contributed by atoms with Gasteiger partial charge in [-0.1, -0.05) is 12.8 Å². The normalized spacial score (nSPS) is 11.8. The van der Waals surface area contributed by atoms with Crippen LogP contribution in [0.1, 0.15) is 19.8 Å². The number of nitrogens with one attached hydrogen (secondary N) is 1. The van der Waals surface area contributed by atoms with Crippen LogP contribution in [0.15, 0.2) is 0 Å². The predicted molar refractivity (Wildman–Crippen MR) is 62.1 cm³/mol. The van der Waals surface area contributed by atoms with E-state index in [1.54, 1.807) is 11.8 Å². The van der Waals surface area contributed by atoms with Crippen molar-refractivity contribution in [2.24, 2.45) is 5.73 Å². The maximum Gasteiger partial charge on any atom is 0.221 e. The zero-order valence-electron chi connectivity index (χ0n) is 8.58. The first kappa shape index (κ1) is 13.3. The highest BCUT2D eigenvalue weighted by Crippen LogP contribution is 1.96. The van der Waals surface area contributed by atoms with Gasteiger partial charge in [0.1, 0.15) is 0 Å². The molecule has 0 saturated heterocycles. The molecule has 0 aromatic heterocycles. The van der Waals surface area contributed by atoms with E-state index in [1.165, 1.54) is 0 Å². The van der Waals surface area contributed by atoms with Crippen LogP contribution >= 0.6 is 11.8 Å². The van der Waals surface area contributed by atoms with E-state index in [1.807, 2.05) is 6.92 Å². The second-order valence-electron chi connectivity index (χ2n) is 2.98. The fourth-order valence-electron chi connectivity index (χ4n) is 0.848. The maximum absolute atomic E-state index is 11.2. The van der Waals surface area contributed by atoms with Crippen molar-refractivity contribution < 1.29 is 4.79 Å². The summed E-state index contributed by atoms with van der Waals surface area (Å²) in [5.74, 6) is 4.11. The van der Waals surface area contributed by atoms with E-state index in [0.717, 1.165) is 12.2 Å². The topological polar surface area (TPSA) is 55.1 Å². The van der Waals surface area contributed by atoms with E-state index in [9.17, 15) is 4.79 Å². The van der Waals surface area contributed by atoms with E-state index in [4.69, 9.17) is 12.2 Å². The van der Waals surface area contributed by atoms with E-state index in [-0.39, 0.29) is 11.9 Å². The molecule has 0 aliphatic rings. The first-order chi connectivity index (χ1) is 6.70. The van der Waals surface area contributed by atoms with Gasteiger partial charge in [-0.25, -0.2) is 0 Å². The molecule has 0 bridgehead atoms. The molecule has 1 amide bonds. The van der Waals surface area contributed by atoms with Crippen LogP contribution in [0.4, 0.5) is 0 Å². The number of carbonyl (C=O) groups is 1. The third-order valence-electron chi connectivity index (χ3n) is 1.73. The van der Waals surface area contributed by atoms with E-state index in [2.05, 4.69) is 11.2 Å². The summed E-state index contributed by atoms with van der Waals surface area (Å²) < 4.78 is 0. The van der Waals surface area contributed by atoms with Crippen molar-refractivity contribution in [3.05, 3.63) is 0 Å². The summed E-state index contributed by atoms with van der Waals surface area (Å²) >= 11 is 1.64. The number of rotatable bonds is 7. The van der Waals surface area contributed by atoms with Crippen molar-refractivity contribution >= 4 is 17.7 Å². The Morgan fingerprint density at radius 2 is 2.43 bits per heavy atom. The summed E-state index contributed by atoms with van der Waals surface area (Å²) in [6.07, 6.45) is 6.33. The Morgan fingerprint density at radius 1 is 1.71 bits per heavy atom. The number of nitrogens with two attached hydrogens (primary N) is 1. The van der Waals surface area contributed by atoms with E-state index < -0.39 is 0 Å². The van der Waals surface area contributed by atoms with Gasteiger partial charge in [0.25, 0.3) is 0 Å². The van der Waals surface area contributed by atoms with Crippen molar-refractivity contribution in [2.75, 3.05) is 18.1 Å². The lowest BCUT2D eigenvalue weighted by atomic mass is 10.1. The number of hydrogen-bond acceptors (Lipinski definition) is 3. The van der Waals surface area contributed by atoms with Gasteiger partial charge in [0, 0.05) is 24.8 Å². The number of amides is 1. The SMILES string of the molecule is C#CCSCCNC(=O)CC(N)CC. The van der Waals surface area contributed by atoms with Crippen LogP contribution in [-0.2, 0) is 4.79 Å². The van der Waals surface area contributed by atoms with Crippen molar-refractivity contribution in [1.29, 1.82) is 0 Å². The minimum absolute atomic E-state index is 0.0200. The Morgan fingerprint density at radius 3 is 3.00 bits per heavy atom. The van der Waals surface area contributed by atoms with Crippen LogP contribution in [0.25, 0.3) is 0 Å². The van der Waals surface area contributed by atoms with Gasteiger partial charge in [-0.2, -0.15) is 0 Å². The van der Waals surface area contributed by atoms with Gasteiger partial charge in [0.15, 0.2) is 0 Å². The molecular formula is C10H18N2OS. The first-order valence-electron chi connectivity index (χ1n) is 4.74. The fraction of sp³-hybridized carbons (Fsp3) is 0.700. The van der Waals surface area contributed by atoms with Crippen molar-refractivity contribution in [3.63, 3.8) is 0 Å². The molecule has 0 aromatic rings. The molecular weight excluding hydrogens is 196 g/mol. The molecule has 0 aromatic carbocycles. The number of terminal acetylenes is 1. The first-order valence-corrected chi connectivity index (χ1v) is 5.89. The standard InChI is InChI=1S/C10H18N2OS/c1-3-6-14-7-5-12-10(13)8-9(11)4-2/h1,9H,4-8,11H2,2H3,(H,12,13). The Hall–Kier alpha value is -0.660. The summed E-state index contributed by atoms with van der Waals surface area (Å²) in [6, 6.07) is -0.0200. The van der Waals surface area contributed by atoms with Crippen molar-refractivity contribution in [2.45, 2.75) is 25.8 Å². The molecule has 1 atom stereocenters. The molecule has 4 heteroatoms. The number of hydrogen-bond donors (Lipinski definition) is 2. The maximum atomic E-state index is 11.2. The van der Waals surface area contributed by atoms with Gasteiger partial charge in [0.05, 0.1) is 5.75 Å². The quantitative estimate of drug-likeness (QED) is 0.482. The Bertz CT molecular complexity index is 201. The van der Waals surface area contributed by atoms with Crippen LogP contribution < -0.4 is 11.1 Å². The van der Waals surface area contributed by atoms with Gasteiger partial charge in [-0.15, -0.1) is 18.2 Å². The molecule has 0 aliphatic heterocycles. The summed E-state index contributed by atoms with van der Waals surface area (Å²) in [5, 5.41) is 2.80. The molecule has 80 valence electrons. The second kappa shape index (κ2) is 8.92. The van der Waals surface area contributed by atoms with E-state index in [0.29, 0.717) is 18.7 Å². The van der Waals surface area contributed by atoms with Gasteiger partial charge in [0.2, 0.25) is 5.91 Å². The molecule has 3 nitrogen and oxygen atoms in total. The second-order valence-corrected chi connectivity index (χ2v) is 4.08. The van der Waals surface area contributed by atoms with Crippen LogP contribution in [-0.4, -0.2) is 30.0 Å².